The van der Waals surface area contributed by atoms with E-state index < -0.39 is 0 Å². The smallest absolute Gasteiger partial charge is 0.233 e. The van der Waals surface area contributed by atoms with E-state index in [1.165, 1.54) is 5.56 Å². The molecule has 0 spiro atoms. The SMILES string of the molecule is C[C@H](c1ccccc1)N1C(=O)[C@@H]2[C@@H]3C[C@@H]([C@@H]2C1=O)[C@@H](c1ccccc1)C3. The number of nitrogens with zero attached hydrogens (tertiary/aromatic N) is 1. The molecule has 2 saturated carbocycles. The molecule has 2 aliphatic carbocycles. The monoisotopic (exact) mass is 345 g/mol. The first-order valence-corrected chi connectivity index (χ1v) is 9.63. The summed E-state index contributed by atoms with van der Waals surface area (Å²) in [7, 11) is 0. The largest absolute Gasteiger partial charge is 0.275 e. The molecule has 3 fully saturated rings. The molecule has 6 atom stereocenters. The molecule has 3 nitrogen and oxygen atoms in total. The van der Waals surface area contributed by atoms with E-state index in [0.29, 0.717) is 17.8 Å². The first-order chi connectivity index (χ1) is 12.7. The van der Waals surface area contributed by atoms with E-state index in [1.54, 1.807) is 4.90 Å². The summed E-state index contributed by atoms with van der Waals surface area (Å²) in [4.78, 5) is 28.0. The Balaban J connectivity index is 1.46. The predicted octanol–water partition coefficient (Wildman–Crippen LogP) is 4.17. The van der Waals surface area contributed by atoms with Crippen molar-refractivity contribution in [2.45, 2.75) is 31.7 Å². The minimum Gasteiger partial charge on any atom is -0.275 e. The van der Waals surface area contributed by atoms with Crippen LogP contribution >= 0.6 is 0 Å². The highest BCUT2D eigenvalue weighted by atomic mass is 16.2. The van der Waals surface area contributed by atoms with Crippen molar-refractivity contribution in [1.82, 2.24) is 4.90 Å². The molecule has 132 valence electrons. The Hall–Kier alpha value is -2.42. The molecule has 2 aromatic rings. The molecule has 5 rings (SSSR count). The topological polar surface area (TPSA) is 37.4 Å². The molecule has 0 aromatic heterocycles. The third-order valence-corrected chi connectivity index (χ3v) is 6.95. The van der Waals surface area contributed by atoms with Crippen LogP contribution < -0.4 is 0 Å². The van der Waals surface area contributed by atoms with E-state index in [-0.39, 0.29) is 29.7 Å². The van der Waals surface area contributed by atoms with Crippen LogP contribution in [-0.4, -0.2) is 16.7 Å². The van der Waals surface area contributed by atoms with Gasteiger partial charge in [-0.05, 0) is 48.6 Å². The maximum Gasteiger partial charge on any atom is 0.233 e. The number of fused-ring (bicyclic) bond motifs is 5. The van der Waals surface area contributed by atoms with Crippen molar-refractivity contribution < 1.29 is 9.59 Å². The number of hydrogen-bond acceptors (Lipinski definition) is 2. The molecule has 26 heavy (non-hydrogen) atoms. The van der Waals surface area contributed by atoms with Gasteiger partial charge in [0.05, 0.1) is 17.9 Å². The van der Waals surface area contributed by atoms with Gasteiger partial charge in [0.25, 0.3) is 0 Å². The van der Waals surface area contributed by atoms with Gasteiger partial charge >= 0.3 is 0 Å². The van der Waals surface area contributed by atoms with Crippen LogP contribution in [0.25, 0.3) is 0 Å². The number of benzene rings is 2. The van der Waals surface area contributed by atoms with Gasteiger partial charge in [0.15, 0.2) is 0 Å². The first-order valence-electron chi connectivity index (χ1n) is 9.63. The fourth-order valence-corrected chi connectivity index (χ4v) is 5.83. The highest BCUT2D eigenvalue weighted by molar-refractivity contribution is 6.06. The van der Waals surface area contributed by atoms with Gasteiger partial charge in [0.2, 0.25) is 11.8 Å². The van der Waals surface area contributed by atoms with Gasteiger partial charge in [0.1, 0.15) is 0 Å². The number of carbonyl (C=O) groups is 2. The van der Waals surface area contributed by atoms with Crippen molar-refractivity contribution in [3.63, 3.8) is 0 Å². The molecule has 0 radical (unpaired) electrons. The maximum absolute atomic E-state index is 13.3. The Morgan fingerprint density at radius 2 is 1.46 bits per heavy atom. The lowest BCUT2D eigenvalue weighted by molar-refractivity contribution is -0.143. The van der Waals surface area contributed by atoms with Gasteiger partial charge in [-0.25, -0.2) is 0 Å². The van der Waals surface area contributed by atoms with Crippen LogP contribution in [0.15, 0.2) is 60.7 Å². The number of carbonyl (C=O) groups excluding carboxylic acids is 2. The lowest BCUT2D eigenvalue weighted by Crippen LogP contribution is -2.35. The highest BCUT2D eigenvalue weighted by Crippen LogP contribution is 2.62. The van der Waals surface area contributed by atoms with Gasteiger partial charge in [-0.15, -0.1) is 0 Å². The lowest BCUT2D eigenvalue weighted by atomic mass is 9.73. The average Bonchev–Trinajstić information content (AvgIpc) is 3.34. The zero-order valence-corrected chi connectivity index (χ0v) is 14.9. The molecule has 1 saturated heterocycles. The van der Waals surface area contributed by atoms with E-state index in [9.17, 15) is 9.59 Å². The van der Waals surface area contributed by atoms with E-state index in [2.05, 4.69) is 24.3 Å². The number of hydrogen-bond donors (Lipinski definition) is 0. The first kappa shape index (κ1) is 15.8. The normalized spacial score (nSPS) is 33.6. The van der Waals surface area contributed by atoms with Gasteiger partial charge in [-0.3, -0.25) is 14.5 Å². The molecular formula is C23H23NO2. The molecule has 2 bridgehead atoms. The molecule has 1 heterocycles. The average molecular weight is 345 g/mol. The molecule has 2 amide bonds. The van der Waals surface area contributed by atoms with Gasteiger partial charge < -0.3 is 0 Å². The number of imide groups is 1. The van der Waals surface area contributed by atoms with E-state index in [1.807, 2.05) is 43.3 Å². The Labute approximate surface area is 154 Å². The van der Waals surface area contributed by atoms with Crippen molar-refractivity contribution in [3.8, 4) is 0 Å². The standard InChI is InChI=1S/C23H23NO2/c1-14(15-8-4-2-5-9-15)24-22(25)20-17-12-18(16-10-6-3-7-11-16)19(13-17)21(20)23(24)26/h2-11,14,17-21H,12-13H2,1H3/t14-,17+,18-,19-,20-,21+/m1/s1. The molecule has 3 heteroatoms. The maximum atomic E-state index is 13.3. The summed E-state index contributed by atoms with van der Waals surface area (Å²) in [6, 6.07) is 20.2. The number of rotatable bonds is 3. The van der Waals surface area contributed by atoms with E-state index >= 15 is 0 Å². The summed E-state index contributed by atoms with van der Waals surface area (Å²) < 4.78 is 0. The van der Waals surface area contributed by atoms with Gasteiger partial charge in [-0.1, -0.05) is 60.7 Å². The van der Waals surface area contributed by atoms with Crippen LogP contribution in [0.4, 0.5) is 0 Å². The van der Waals surface area contributed by atoms with Crippen LogP contribution in [-0.2, 0) is 9.59 Å². The summed E-state index contributed by atoms with van der Waals surface area (Å²) in [5, 5.41) is 0. The Morgan fingerprint density at radius 3 is 2.15 bits per heavy atom. The minimum absolute atomic E-state index is 0.0597. The van der Waals surface area contributed by atoms with Crippen LogP contribution in [0.5, 0.6) is 0 Å². The number of likely N-dealkylation sites (tertiary alicyclic amines) is 1. The van der Waals surface area contributed by atoms with Crippen molar-refractivity contribution in [3.05, 3.63) is 71.8 Å². The third kappa shape index (κ3) is 2.13. The van der Waals surface area contributed by atoms with Crippen LogP contribution in [0.3, 0.4) is 0 Å². The van der Waals surface area contributed by atoms with Crippen molar-refractivity contribution in [2.75, 3.05) is 0 Å². The fraction of sp³-hybridized carbons (Fsp3) is 0.391. The van der Waals surface area contributed by atoms with Crippen molar-refractivity contribution in [1.29, 1.82) is 0 Å². The Morgan fingerprint density at radius 1 is 0.846 bits per heavy atom. The second-order valence-electron chi connectivity index (χ2n) is 8.10. The van der Waals surface area contributed by atoms with Crippen molar-refractivity contribution in [2.24, 2.45) is 23.7 Å². The second-order valence-corrected chi connectivity index (χ2v) is 8.10. The van der Waals surface area contributed by atoms with Crippen LogP contribution in [0.1, 0.15) is 42.9 Å². The summed E-state index contributed by atoms with van der Waals surface area (Å²) >= 11 is 0. The van der Waals surface area contributed by atoms with E-state index in [4.69, 9.17) is 0 Å². The zero-order valence-electron chi connectivity index (χ0n) is 14.9. The van der Waals surface area contributed by atoms with Crippen molar-refractivity contribution >= 4 is 11.8 Å². The lowest BCUT2D eigenvalue weighted by Gasteiger charge is -2.29. The molecule has 2 aromatic carbocycles. The van der Waals surface area contributed by atoms with E-state index in [0.717, 1.165) is 18.4 Å². The van der Waals surface area contributed by atoms with Gasteiger partial charge in [0, 0.05) is 0 Å². The molecular weight excluding hydrogens is 322 g/mol. The van der Waals surface area contributed by atoms with Gasteiger partial charge in [-0.2, -0.15) is 0 Å². The number of amides is 2. The predicted molar refractivity (Wildman–Crippen MR) is 99.1 cm³/mol. The molecule has 1 aliphatic heterocycles. The third-order valence-electron chi connectivity index (χ3n) is 6.95. The second kappa shape index (κ2) is 5.80. The van der Waals surface area contributed by atoms with Crippen LogP contribution in [0.2, 0.25) is 0 Å². The Kier molecular flexibility index (Phi) is 3.53. The highest BCUT2D eigenvalue weighted by Gasteiger charge is 2.64. The molecule has 3 aliphatic rings. The zero-order chi connectivity index (χ0) is 17.8. The molecule has 0 N–H and O–H groups in total. The van der Waals surface area contributed by atoms with Crippen LogP contribution in [0, 0.1) is 23.7 Å². The minimum atomic E-state index is -0.184. The summed E-state index contributed by atoms with van der Waals surface area (Å²) in [5.41, 5.74) is 2.36. The quantitative estimate of drug-likeness (QED) is 0.783. The summed E-state index contributed by atoms with van der Waals surface area (Å²) in [6.07, 6.45) is 2.07. The Bertz CT molecular complexity index is 847. The summed E-state index contributed by atoms with van der Waals surface area (Å²) in [5.74, 6) is 1.03. The summed E-state index contributed by atoms with van der Waals surface area (Å²) in [6.45, 7) is 1.97. The molecule has 0 unspecified atom stereocenters. The fourth-order valence-electron chi connectivity index (χ4n) is 5.83.